The molecule has 0 bridgehead atoms. The average Bonchev–Trinajstić information content (AvgIpc) is 2.21. The van der Waals surface area contributed by atoms with Crippen molar-refractivity contribution in [2.24, 2.45) is 0 Å². The molecule has 0 aliphatic carbocycles. The monoisotopic (exact) mass is 220 g/mol. The van der Waals surface area contributed by atoms with Gasteiger partial charge in [-0.1, -0.05) is 0 Å². The van der Waals surface area contributed by atoms with Crippen LogP contribution >= 0.6 is 0 Å². The number of amides is 2. The Labute approximate surface area is 85.2 Å². The van der Waals surface area contributed by atoms with Crippen molar-refractivity contribution >= 4 is 18.0 Å². The molecule has 0 spiro atoms. The second-order valence-corrected chi connectivity index (χ2v) is 2.48. The fourth-order valence-corrected chi connectivity index (χ4v) is 0.619. The quantitative estimate of drug-likeness (QED) is 0.393. The van der Waals surface area contributed by atoms with Crippen molar-refractivity contribution in [3.8, 4) is 0 Å². The number of hydrogen-bond donors (Lipinski definition) is 4. The van der Waals surface area contributed by atoms with Gasteiger partial charge in [-0.25, -0.2) is 9.59 Å². The molecule has 0 aliphatic heterocycles. The smallest absolute Gasteiger partial charge is 0.328 e. The first-order valence-corrected chi connectivity index (χ1v) is 3.96. The first-order chi connectivity index (χ1) is 7.01. The van der Waals surface area contributed by atoms with Crippen molar-refractivity contribution in [3.05, 3.63) is 0 Å². The second-order valence-electron chi connectivity index (χ2n) is 2.48. The van der Waals surface area contributed by atoms with Gasteiger partial charge in [0, 0.05) is 0 Å². The molecule has 0 saturated carbocycles. The van der Waals surface area contributed by atoms with Gasteiger partial charge in [0.15, 0.2) is 6.04 Å². The van der Waals surface area contributed by atoms with Crippen molar-refractivity contribution < 1.29 is 29.3 Å². The van der Waals surface area contributed by atoms with Gasteiger partial charge < -0.3 is 25.6 Å². The predicted octanol–water partition coefficient (Wildman–Crippen LogP) is -2.10. The van der Waals surface area contributed by atoms with Gasteiger partial charge in [0.2, 0.25) is 0 Å². The normalized spacial score (nSPS) is 11.3. The van der Waals surface area contributed by atoms with Crippen LogP contribution in [-0.4, -0.2) is 54.5 Å². The molecule has 15 heavy (non-hydrogen) atoms. The zero-order chi connectivity index (χ0) is 11.8. The molecule has 0 aliphatic rings. The maximum absolute atomic E-state index is 10.9. The largest absolute Gasteiger partial charge is 0.480 e. The number of methoxy groups -OCH3 is 1. The zero-order valence-corrected chi connectivity index (χ0v) is 8.02. The summed E-state index contributed by atoms with van der Waals surface area (Å²) in [5.74, 6) is -2.04. The van der Waals surface area contributed by atoms with E-state index in [0.29, 0.717) is 0 Å². The molecule has 0 fully saturated rings. The molecule has 0 radical (unpaired) electrons. The SMILES string of the molecule is COC(=O)CNC(=O)N[C@H](CO)C(=O)O. The van der Waals surface area contributed by atoms with Crippen molar-refractivity contribution in [2.45, 2.75) is 6.04 Å². The Balaban J connectivity index is 3.91. The van der Waals surface area contributed by atoms with Gasteiger partial charge in [-0.2, -0.15) is 0 Å². The van der Waals surface area contributed by atoms with Crippen LogP contribution in [0, 0.1) is 0 Å². The third kappa shape index (κ3) is 5.47. The lowest BCUT2D eigenvalue weighted by molar-refractivity contribution is -0.140. The lowest BCUT2D eigenvalue weighted by Gasteiger charge is -2.11. The maximum atomic E-state index is 10.9. The van der Waals surface area contributed by atoms with Gasteiger partial charge >= 0.3 is 18.0 Å². The third-order valence-electron chi connectivity index (χ3n) is 1.41. The molecule has 86 valence electrons. The van der Waals surface area contributed by atoms with Gasteiger partial charge in [-0.05, 0) is 0 Å². The van der Waals surface area contributed by atoms with E-state index in [4.69, 9.17) is 10.2 Å². The summed E-state index contributed by atoms with van der Waals surface area (Å²) in [6, 6.07) is -2.27. The van der Waals surface area contributed by atoms with E-state index in [2.05, 4.69) is 10.1 Å². The fraction of sp³-hybridized carbons (Fsp3) is 0.571. The Hall–Kier alpha value is -1.83. The third-order valence-corrected chi connectivity index (χ3v) is 1.41. The van der Waals surface area contributed by atoms with Crippen LogP contribution in [-0.2, 0) is 14.3 Å². The number of rotatable bonds is 5. The number of hydrogen-bond acceptors (Lipinski definition) is 5. The molecular weight excluding hydrogens is 208 g/mol. The number of esters is 1. The predicted molar refractivity (Wildman–Crippen MR) is 47.1 cm³/mol. The van der Waals surface area contributed by atoms with E-state index in [1.807, 2.05) is 5.32 Å². The number of carboxylic acids is 1. The van der Waals surface area contributed by atoms with E-state index in [1.54, 1.807) is 0 Å². The first kappa shape index (κ1) is 13.2. The van der Waals surface area contributed by atoms with Crippen molar-refractivity contribution in [2.75, 3.05) is 20.3 Å². The second kappa shape index (κ2) is 6.60. The molecule has 0 unspecified atom stereocenters. The Morgan fingerprint density at radius 1 is 1.40 bits per heavy atom. The number of carboxylic acid groups (broad SMARTS) is 1. The Morgan fingerprint density at radius 3 is 2.40 bits per heavy atom. The summed E-state index contributed by atoms with van der Waals surface area (Å²) >= 11 is 0. The minimum atomic E-state index is -1.40. The molecule has 0 saturated heterocycles. The number of aliphatic hydroxyl groups excluding tert-OH is 1. The van der Waals surface area contributed by atoms with E-state index in [1.165, 1.54) is 0 Å². The summed E-state index contributed by atoms with van der Waals surface area (Å²) < 4.78 is 4.23. The Morgan fingerprint density at radius 2 is 2.00 bits per heavy atom. The van der Waals surface area contributed by atoms with E-state index in [0.717, 1.165) is 7.11 Å². The highest BCUT2D eigenvalue weighted by atomic mass is 16.5. The van der Waals surface area contributed by atoms with Crippen LogP contribution in [0.3, 0.4) is 0 Å². The summed E-state index contributed by atoms with van der Waals surface area (Å²) in [7, 11) is 1.15. The number of carbonyl (C=O) groups is 3. The minimum absolute atomic E-state index is 0.375. The molecule has 1 atom stereocenters. The molecular formula is C7H12N2O6. The van der Waals surface area contributed by atoms with E-state index >= 15 is 0 Å². The van der Waals surface area contributed by atoms with Crippen molar-refractivity contribution in [3.63, 3.8) is 0 Å². The molecule has 8 heteroatoms. The van der Waals surface area contributed by atoms with Gasteiger partial charge in [0.1, 0.15) is 6.54 Å². The van der Waals surface area contributed by atoms with Crippen LogP contribution in [0.5, 0.6) is 0 Å². The Bertz CT molecular complexity index is 254. The molecule has 2 amide bonds. The zero-order valence-electron chi connectivity index (χ0n) is 8.02. The molecule has 0 heterocycles. The lowest BCUT2D eigenvalue weighted by Crippen LogP contribution is -2.48. The standard InChI is InChI=1S/C7H12N2O6/c1-15-5(11)2-8-7(14)9-4(3-10)6(12)13/h4,10H,2-3H2,1H3,(H,12,13)(H2,8,9,14)/t4-/m1/s1. The summed E-state index contributed by atoms with van der Waals surface area (Å²) in [5, 5.41) is 21.0. The number of aliphatic hydroxyl groups is 1. The van der Waals surface area contributed by atoms with Crippen LogP contribution in [0.25, 0.3) is 0 Å². The lowest BCUT2D eigenvalue weighted by atomic mass is 10.3. The highest BCUT2D eigenvalue weighted by Gasteiger charge is 2.18. The van der Waals surface area contributed by atoms with E-state index in [-0.39, 0.29) is 6.54 Å². The van der Waals surface area contributed by atoms with Crippen LogP contribution < -0.4 is 10.6 Å². The van der Waals surface area contributed by atoms with Crippen molar-refractivity contribution in [1.29, 1.82) is 0 Å². The fourth-order valence-electron chi connectivity index (χ4n) is 0.619. The van der Waals surface area contributed by atoms with Gasteiger partial charge in [-0.15, -0.1) is 0 Å². The molecule has 4 N–H and O–H groups in total. The van der Waals surface area contributed by atoms with Gasteiger partial charge in [-0.3, -0.25) is 4.79 Å². The van der Waals surface area contributed by atoms with Crippen LogP contribution in [0.4, 0.5) is 4.79 Å². The highest BCUT2D eigenvalue weighted by Crippen LogP contribution is 1.82. The number of aliphatic carboxylic acids is 1. The Kier molecular flexibility index (Phi) is 5.79. The summed E-state index contributed by atoms with van der Waals surface area (Å²) in [6.45, 7) is -1.11. The summed E-state index contributed by atoms with van der Waals surface area (Å²) in [4.78, 5) is 31.9. The molecule has 0 aromatic carbocycles. The average molecular weight is 220 g/mol. The van der Waals surface area contributed by atoms with Crippen LogP contribution in [0.15, 0.2) is 0 Å². The molecule has 8 nitrogen and oxygen atoms in total. The van der Waals surface area contributed by atoms with Crippen LogP contribution in [0.2, 0.25) is 0 Å². The number of nitrogens with one attached hydrogen (secondary N) is 2. The topological polar surface area (TPSA) is 125 Å². The molecule has 0 aromatic rings. The molecule has 0 aromatic heterocycles. The van der Waals surface area contributed by atoms with E-state index in [9.17, 15) is 14.4 Å². The minimum Gasteiger partial charge on any atom is -0.480 e. The van der Waals surface area contributed by atoms with Gasteiger partial charge in [0.05, 0.1) is 13.7 Å². The highest BCUT2D eigenvalue weighted by molar-refractivity contribution is 5.85. The summed E-state index contributed by atoms with van der Waals surface area (Å²) in [5.41, 5.74) is 0. The van der Waals surface area contributed by atoms with E-state index < -0.39 is 30.6 Å². The number of ether oxygens (including phenoxy) is 1. The number of carbonyl (C=O) groups excluding carboxylic acids is 2. The maximum Gasteiger partial charge on any atom is 0.328 e. The first-order valence-electron chi connectivity index (χ1n) is 3.96. The number of urea groups is 1. The van der Waals surface area contributed by atoms with Crippen LogP contribution in [0.1, 0.15) is 0 Å². The van der Waals surface area contributed by atoms with Gasteiger partial charge in [0.25, 0.3) is 0 Å². The molecule has 0 rings (SSSR count). The van der Waals surface area contributed by atoms with Crippen molar-refractivity contribution in [1.82, 2.24) is 10.6 Å². The summed E-state index contributed by atoms with van der Waals surface area (Å²) in [6.07, 6.45) is 0.